The summed E-state index contributed by atoms with van der Waals surface area (Å²) in [5.74, 6) is 0. The van der Waals surface area contributed by atoms with E-state index in [9.17, 15) is 0 Å². The van der Waals surface area contributed by atoms with E-state index in [1.165, 1.54) is 22.5 Å². The third-order valence-corrected chi connectivity index (χ3v) is 2.07. The predicted molar refractivity (Wildman–Crippen MR) is 55.4 cm³/mol. The maximum Gasteiger partial charge on any atom is 0.0508 e. The van der Waals surface area contributed by atoms with Crippen LogP contribution in [0.5, 0.6) is 0 Å². The van der Waals surface area contributed by atoms with Gasteiger partial charge in [-0.15, -0.1) is 0 Å². The van der Waals surface area contributed by atoms with E-state index in [4.69, 9.17) is 4.18 Å². The molecule has 0 fully saturated rings. The first-order valence-corrected chi connectivity index (χ1v) is 4.85. The minimum absolute atomic E-state index is 1.19. The van der Waals surface area contributed by atoms with Crippen LogP contribution in [0.25, 0.3) is 0 Å². The molecule has 0 aliphatic rings. The molecule has 0 heterocycles. The summed E-state index contributed by atoms with van der Waals surface area (Å²) in [6, 6.07) is 8.15. The van der Waals surface area contributed by atoms with Gasteiger partial charge >= 0.3 is 0 Å². The van der Waals surface area contributed by atoms with Gasteiger partial charge in [0, 0.05) is 16.9 Å². The Labute approximate surface area is 79.3 Å². The molecule has 68 valence electrons. The van der Waals surface area contributed by atoms with Gasteiger partial charge in [-0.2, -0.15) is 0 Å². The number of hydrogen-bond acceptors (Lipinski definition) is 2. The van der Waals surface area contributed by atoms with Crippen molar-refractivity contribution in [1.82, 2.24) is 0 Å². The van der Waals surface area contributed by atoms with Crippen molar-refractivity contribution in [1.29, 1.82) is 0 Å². The summed E-state index contributed by atoms with van der Waals surface area (Å²) >= 11 is 1.40. The van der Waals surface area contributed by atoms with Crippen molar-refractivity contribution in [2.24, 2.45) is 0 Å². The molecule has 0 N–H and O–H groups in total. The van der Waals surface area contributed by atoms with Crippen molar-refractivity contribution >= 4 is 12.0 Å². The fraction of sp³-hybridized carbons (Fsp3) is 0.400. The highest BCUT2D eigenvalue weighted by molar-refractivity contribution is 7.94. The first-order valence-electron chi connectivity index (χ1n) is 4.11. The van der Waals surface area contributed by atoms with Gasteiger partial charge in [0.05, 0.1) is 7.11 Å². The molecule has 1 nitrogen and oxygen atoms in total. The molecule has 0 bridgehead atoms. The third-order valence-electron chi connectivity index (χ3n) is 1.27. The summed E-state index contributed by atoms with van der Waals surface area (Å²) in [5, 5.41) is 0. The predicted octanol–water partition coefficient (Wildman–Crippen LogP) is 3.67. The highest BCUT2D eigenvalue weighted by Crippen LogP contribution is 2.21. The Morgan fingerprint density at radius 3 is 2.25 bits per heavy atom. The molecule has 12 heavy (non-hydrogen) atoms. The molecule has 1 aromatic rings. The molecule has 1 aromatic carbocycles. The van der Waals surface area contributed by atoms with Gasteiger partial charge in [0.2, 0.25) is 0 Å². The SMILES string of the molecule is CC.COSc1ccccc1C. The zero-order chi connectivity index (χ0) is 9.40. The van der Waals surface area contributed by atoms with Crippen LogP contribution in [0.2, 0.25) is 0 Å². The van der Waals surface area contributed by atoms with Gasteiger partial charge in [-0.25, -0.2) is 0 Å². The van der Waals surface area contributed by atoms with Gasteiger partial charge in [-0.1, -0.05) is 32.0 Å². The molecular formula is C10H16OS. The number of rotatable bonds is 2. The molecule has 0 unspecified atom stereocenters. The van der Waals surface area contributed by atoms with Crippen molar-refractivity contribution in [2.75, 3.05) is 7.11 Å². The summed E-state index contributed by atoms with van der Waals surface area (Å²) in [5.41, 5.74) is 1.26. The van der Waals surface area contributed by atoms with Crippen molar-refractivity contribution in [2.45, 2.75) is 25.7 Å². The van der Waals surface area contributed by atoms with E-state index < -0.39 is 0 Å². The molecule has 2 heteroatoms. The Kier molecular flexibility index (Phi) is 6.91. The highest BCUT2D eigenvalue weighted by Gasteiger charge is 1.94. The van der Waals surface area contributed by atoms with E-state index in [0.29, 0.717) is 0 Å². The van der Waals surface area contributed by atoms with Crippen LogP contribution >= 0.6 is 12.0 Å². The van der Waals surface area contributed by atoms with Gasteiger partial charge in [0.15, 0.2) is 0 Å². The van der Waals surface area contributed by atoms with E-state index in [-0.39, 0.29) is 0 Å². The smallest absolute Gasteiger partial charge is 0.0508 e. The van der Waals surface area contributed by atoms with Crippen molar-refractivity contribution in [3.63, 3.8) is 0 Å². The molecule has 0 amide bonds. The molecule has 0 aliphatic heterocycles. The maximum atomic E-state index is 4.93. The lowest BCUT2D eigenvalue weighted by Crippen LogP contribution is -1.77. The van der Waals surface area contributed by atoms with E-state index in [2.05, 4.69) is 13.0 Å². The van der Waals surface area contributed by atoms with Crippen LogP contribution < -0.4 is 0 Å². The molecule has 0 saturated carbocycles. The molecular weight excluding hydrogens is 168 g/mol. The minimum Gasteiger partial charge on any atom is -0.314 e. The molecule has 0 aliphatic carbocycles. The van der Waals surface area contributed by atoms with Crippen molar-refractivity contribution < 1.29 is 4.18 Å². The van der Waals surface area contributed by atoms with Crippen LogP contribution in [0.1, 0.15) is 19.4 Å². The van der Waals surface area contributed by atoms with Gasteiger partial charge in [-0.05, 0) is 18.6 Å². The van der Waals surface area contributed by atoms with Crippen LogP contribution in [-0.4, -0.2) is 7.11 Å². The normalized spacial score (nSPS) is 8.67. The van der Waals surface area contributed by atoms with Crippen molar-refractivity contribution in [3.05, 3.63) is 29.8 Å². The fourth-order valence-electron chi connectivity index (χ4n) is 0.740. The Bertz CT molecular complexity index is 211. The zero-order valence-corrected chi connectivity index (χ0v) is 8.94. The average Bonchev–Trinajstić information content (AvgIpc) is 2.13. The molecule has 1 rings (SSSR count). The van der Waals surface area contributed by atoms with Gasteiger partial charge in [0.25, 0.3) is 0 Å². The average molecular weight is 184 g/mol. The lowest BCUT2D eigenvalue weighted by molar-refractivity contribution is 0.489. The number of hydrogen-bond donors (Lipinski definition) is 0. The Balaban J connectivity index is 0.000000561. The summed E-state index contributed by atoms with van der Waals surface area (Å²) < 4.78 is 4.93. The van der Waals surface area contributed by atoms with Gasteiger partial charge in [-0.3, -0.25) is 0 Å². The standard InChI is InChI=1S/C8H10OS.C2H6/c1-7-5-3-4-6-8(7)10-9-2;1-2/h3-6H,1-2H3;1-2H3. The van der Waals surface area contributed by atoms with Crippen LogP contribution in [0, 0.1) is 6.92 Å². The molecule has 0 atom stereocenters. The van der Waals surface area contributed by atoms with E-state index >= 15 is 0 Å². The second kappa shape index (κ2) is 7.19. The largest absolute Gasteiger partial charge is 0.314 e. The Morgan fingerprint density at radius 1 is 1.17 bits per heavy atom. The first kappa shape index (κ1) is 11.5. The zero-order valence-electron chi connectivity index (χ0n) is 8.13. The highest BCUT2D eigenvalue weighted by atomic mass is 32.2. The van der Waals surface area contributed by atoms with Gasteiger partial charge < -0.3 is 4.18 Å². The van der Waals surface area contributed by atoms with E-state index in [1.54, 1.807) is 7.11 Å². The molecule has 0 aromatic heterocycles. The van der Waals surface area contributed by atoms with Crippen LogP contribution in [0.15, 0.2) is 29.2 Å². The number of benzene rings is 1. The van der Waals surface area contributed by atoms with Gasteiger partial charge in [0.1, 0.15) is 0 Å². The van der Waals surface area contributed by atoms with E-state index in [0.717, 1.165) is 0 Å². The topological polar surface area (TPSA) is 9.23 Å². The van der Waals surface area contributed by atoms with E-state index in [1.807, 2.05) is 32.0 Å². The lowest BCUT2D eigenvalue weighted by atomic mass is 10.2. The maximum absolute atomic E-state index is 4.93. The van der Waals surface area contributed by atoms with Crippen LogP contribution in [0.4, 0.5) is 0 Å². The monoisotopic (exact) mass is 184 g/mol. The fourth-order valence-corrected chi connectivity index (χ4v) is 1.25. The van der Waals surface area contributed by atoms with Crippen LogP contribution in [0.3, 0.4) is 0 Å². The molecule has 0 spiro atoms. The lowest BCUT2D eigenvalue weighted by Gasteiger charge is -1.99. The summed E-state index contributed by atoms with van der Waals surface area (Å²) in [7, 11) is 1.68. The van der Waals surface area contributed by atoms with Crippen molar-refractivity contribution in [3.8, 4) is 0 Å². The summed E-state index contributed by atoms with van der Waals surface area (Å²) in [6.07, 6.45) is 0. The summed E-state index contributed by atoms with van der Waals surface area (Å²) in [6.45, 7) is 6.07. The second-order valence-electron chi connectivity index (χ2n) is 2.02. The second-order valence-corrected chi connectivity index (χ2v) is 2.96. The summed E-state index contributed by atoms with van der Waals surface area (Å²) in [4.78, 5) is 1.19. The first-order chi connectivity index (χ1) is 5.84. The number of aryl methyl sites for hydroxylation is 1. The van der Waals surface area contributed by atoms with Crippen LogP contribution in [-0.2, 0) is 4.18 Å². The third kappa shape index (κ3) is 3.79. The Hall–Kier alpha value is -0.470. The molecule has 0 saturated heterocycles. The Morgan fingerprint density at radius 2 is 1.75 bits per heavy atom. The minimum atomic E-state index is 1.19. The quantitative estimate of drug-likeness (QED) is 0.648. The molecule has 0 radical (unpaired) electrons.